The second kappa shape index (κ2) is 28.8. The maximum absolute atomic E-state index is 14.7. The average molecular weight is 1120 g/mol. The number of fused-ring (bicyclic) bond motifs is 1. The van der Waals surface area contributed by atoms with Crippen molar-refractivity contribution < 1.29 is 62.6 Å². The minimum Gasteiger partial charge on any atom is -0.508 e. The molecule has 29 nitrogen and oxygen atoms in total. The molecule has 9 atom stereocenters. The molecule has 0 aliphatic carbocycles. The molecule has 0 spiro atoms. The molecular weight excluding hydrogens is 1050 g/mol. The van der Waals surface area contributed by atoms with Crippen LogP contribution in [0.2, 0.25) is 0 Å². The summed E-state index contributed by atoms with van der Waals surface area (Å²) < 4.78 is 0. The number of aromatic amines is 2. The van der Waals surface area contributed by atoms with Crippen molar-refractivity contribution >= 4 is 94.5 Å². The van der Waals surface area contributed by atoms with E-state index in [2.05, 4.69) is 80.7 Å². The number of primary amides is 3. The van der Waals surface area contributed by atoms with E-state index in [9.17, 15) is 62.6 Å². The molecule has 1 aliphatic rings. The van der Waals surface area contributed by atoms with E-state index in [1.54, 1.807) is 30.5 Å². The number of benzene rings is 2. The van der Waals surface area contributed by atoms with Gasteiger partial charge in [0.2, 0.25) is 65.0 Å². The summed E-state index contributed by atoms with van der Waals surface area (Å²) in [6.45, 7) is 2.39. The maximum atomic E-state index is 14.7. The Morgan fingerprint density at radius 3 is 1.61 bits per heavy atom. The third-order valence-electron chi connectivity index (χ3n) is 12.4. The van der Waals surface area contributed by atoms with Gasteiger partial charge in [0.25, 0.3) is 0 Å². The third kappa shape index (κ3) is 18.5. The van der Waals surface area contributed by atoms with Gasteiger partial charge in [0.15, 0.2) is 0 Å². The van der Waals surface area contributed by atoms with Gasteiger partial charge in [0.1, 0.15) is 60.1 Å². The lowest BCUT2D eigenvalue weighted by Gasteiger charge is -2.27. The number of hydrogen-bond donors (Lipinski definition) is 17. The van der Waals surface area contributed by atoms with Crippen LogP contribution in [0.1, 0.15) is 56.4 Å². The zero-order valence-corrected chi connectivity index (χ0v) is 43.8. The Hall–Kier alpha value is -9.22. The molecule has 1 aliphatic heterocycles. The number of amides is 13. The third-order valence-corrected chi connectivity index (χ3v) is 12.7. The number of nitrogens with zero attached hydrogens (tertiary/aromatic N) is 1. The second-order valence-electron chi connectivity index (χ2n) is 18.6. The fourth-order valence-electron chi connectivity index (χ4n) is 8.15. The normalized spacial score (nSPS) is 23.7. The molecule has 1 fully saturated rings. The molecule has 30 heteroatoms. The van der Waals surface area contributed by atoms with Gasteiger partial charge in [-0.2, -0.15) is 12.6 Å². The van der Waals surface area contributed by atoms with Crippen molar-refractivity contribution in [3.8, 4) is 5.75 Å². The molecule has 0 bridgehead atoms. The topological polar surface area (TPSA) is 468 Å². The van der Waals surface area contributed by atoms with Gasteiger partial charge in [0.05, 0.1) is 19.2 Å². The SMILES string of the molecule is C[C@@H]1NC(=O)[C@H](C)NC(=O)[C@H](Cc2cnc[nH]2)NC(=O)[C@H](CS)NC(=O)[C@H](CCCNC(N)=O)NC(=O)[C@H](CC(N)=O)NC(=O)[C@H](Cc2ccc(O)cc2)NC(=O)[C@H](Cc2c[nH]c3ccccc23)NC(=O)[C@H](CC(N)=O)NC1=O. The van der Waals surface area contributed by atoms with Gasteiger partial charge in [-0.1, -0.05) is 30.3 Å². The molecular formula is C49H64N16O13S. The van der Waals surface area contributed by atoms with Crippen LogP contribution in [0.15, 0.2) is 67.3 Å². The molecule has 3 heterocycles. The number of nitrogens with two attached hydrogens (primary N) is 3. The molecule has 4 aromatic rings. The lowest BCUT2D eigenvalue weighted by molar-refractivity contribution is -0.136. The number of carbonyl (C=O) groups excluding carboxylic acids is 12. The number of phenols is 1. The number of aromatic nitrogens is 3. The van der Waals surface area contributed by atoms with Gasteiger partial charge in [-0.15, -0.1) is 0 Å². The minimum atomic E-state index is -1.86. The molecule has 0 unspecified atom stereocenters. The van der Waals surface area contributed by atoms with Gasteiger partial charge in [-0.05, 0) is 56.0 Å². The second-order valence-corrected chi connectivity index (χ2v) is 18.9. The van der Waals surface area contributed by atoms with Crippen molar-refractivity contribution in [1.82, 2.24) is 68.1 Å². The summed E-state index contributed by atoms with van der Waals surface area (Å²) in [5.74, 6) is -12.0. The van der Waals surface area contributed by atoms with E-state index >= 15 is 0 Å². The Kier molecular flexibility index (Phi) is 22.1. The Morgan fingerprint density at radius 2 is 1.04 bits per heavy atom. The van der Waals surface area contributed by atoms with Gasteiger partial charge in [-0.3, -0.25) is 52.7 Å². The number of carbonyl (C=O) groups is 12. The highest BCUT2D eigenvalue weighted by molar-refractivity contribution is 7.80. The number of nitrogens with one attached hydrogen (secondary N) is 12. The molecule has 5 rings (SSSR count). The van der Waals surface area contributed by atoms with E-state index in [1.165, 1.54) is 50.6 Å². The van der Waals surface area contributed by atoms with Crippen LogP contribution in [-0.2, 0) is 72.0 Å². The number of phenolic OH excluding ortho intramolecular Hbond substituents is 1. The molecule has 19 N–H and O–H groups in total. The van der Waals surface area contributed by atoms with Crippen LogP contribution in [0.5, 0.6) is 5.75 Å². The van der Waals surface area contributed by atoms with Crippen LogP contribution >= 0.6 is 12.6 Å². The quantitative estimate of drug-likeness (QED) is 0.0393. The van der Waals surface area contributed by atoms with Crippen molar-refractivity contribution in [2.24, 2.45) is 17.2 Å². The number of aromatic hydroxyl groups is 1. The average Bonchev–Trinajstić information content (AvgIpc) is 4.08. The van der Waals surface area contributed by atoms with Crippen molar-refractivity contribution in [2.45, 2.75) is 113 Å². The highest BCUT2D eigenvalue weighted by Crippen LogP contribution is 2.20. The van der Waals surface area contributed by atoms with Crippen molar-refractivity contribution in [3.05, 3.63) is 84.1 Å². The summed E-state index contributed by atoms with van der Waals surface area (Å²) in [5.41, 5.74) is 18.1. The summed E-state index contributed by atoms with van der Waals surface area (Å²) in [6.07, 6.45) is 1.39. The van der Waals surface area contributed by atoms with Gasteiger partial charge in [0, 0.05) is 60.6 Å². The van der Waals surface area contributed by atoms with Crippen LogP contribution in [0, 0.1) is 0 Å². The highest BCUT2D eigenvalue weighted by atomic mass is 32.1. The smallest absolute Gasteiger partial charge is 0.312 e. The lowest BCUT2D eigenvalue weighted by atomic mass is 10.0. The van der Waals surface area contributed by atoms with E-state index in [0.29, 0.717) is 27.7 Å². The van der Waals surface area contributed by atoms with Crippen LogP contribution < -0.4 is 70.4 Å². The Balaban J connectivity index is 1.59. The van der Waals surface area contributed by atoms with E-state index in [0.717, 1.165) is 0 Å². The van der Waals surface area contributed by atoms with E-state index in [4.69, 9.17) is 17.2 Å². The fraction of sp³-hybridized carbons (Fsp3) is 0.408. The zero-order chi connectivity index (χ0) is 57.9. The maximum Gasteiger partial charge on any atom is 0.312 e. The highest BCUT2D eigenvalue weighted by Gasteiger charge is 2.36. The minimum absolute atomic E-state index is 0.0205. The predicted molar refractivity (Wildman–Crippen MR) is 283 cm³/mol. The van der Waals surface area contributed by atoms with Crippen molar-refractivity contribution in [2.75, 3.05) is 12.3 Å². The number of H-pyrrole nitrogens is 2. The monoisotopic (exact) mass is 1120 g/mol. The van der Waals surface area contributed by atoms with Gasteiger partial charge in [-0.25, -0.2) is 9.78 Å². The van der Waals surface area contributed by atoms with Crippen LogP contribution in [0.25, 0.3) is 10.9 Å². The summed E-state index contributed by atoms with van der Waals surface area (Å²) in [7, 11) is 0. The molecule has 424 valence electrons. The molecule has 79 heavy (non-hydrogen) atoms. The first-order chi connectivity index (χ1) is 37.5. The summed E-state index contributed by atoms with van der Waals surface area (Å²) >= 11 is 4.24. The molecule has 2 aromatic carbocycles. The zero-order valence-electron chi connectivity index (χ0n) is 42.9. The Labute approximate surface area is 456 Å². The number of para-hydroxylation sites is 1. The van der Waals surface area contributed by atoms with Crippen LogP contribution in [-0.4, -0.2) is 158 Å². The molecule has 2 aromatic heterocycles. The van der Waals surface area contributed by atoms with E-state index in [-0.39, 0.29) is 44.4 Å². The first-order valence-corrected chi connectivity index (χ1v) is 25.4. The predicted octanol–water partition coefficient (Wildman–Crippen LogP) is -4.83. The number of thiol groups is 1. The van der Waals surface area contributed by atoms with Crippen molar-refractivity contribution in [1.29, 1.82) is 0 Å². The fourth-order valence-corrected chi connectivity index (χ4v) is 8.40. The standard InChI is InChI=1S/C49H64N16O13S/c1-23-40(69)57-24(2)41(70)60-35(17-38(50)67)47(76)62-33(15-26-19-55-30-7-4-3-6-29(26)30)45(74)61-32(14-25-9-11-28(66)12-10-25)44(73)64-36(18-39(51)68)46(75)59-31(8-5-13-54-49(52)78)42(71)65-37(21-79)48(77)63-34(43(72)58-23)16-27-20-53-22-56-27/h3-4,6-7,9-12,19-20,22-24,31-37,55,66,79H,5,8,13-18,21H2,1-2H3,(H2,50,67)(H2,51,68)(H,53,56)(H,57,69)(H,58,72)(H,59,75)(H,60,70)(H,61,74)(H,62,76)(H,63,77)(H,64,73)(H,65,71)(H3,52,54,78)/t23-,24-,31-,32-,33-,34-,35-,36-,37-/m0/s1. The first kappa shape index (κ1) is 60.6. The van der Waals surface area contributed by atoms with Crippen LogP contribution in [0.4, 0.5) is 4.79 Å². The largest absolute Gasteiger partial charge is 0.508 e. The summed E-state index contributed by atoms with van der Waals surface area (Å²) in [6, 6.07) is -2.85. The Bertz CT molecular complexity index is 2880. The van der Waals surface area contributed by atoms with E-state index < -0.39 is 144 Å². The van der Waals surface area contributed by atoms with Gasteiger partial charge >= 0.3 is 6.03 Å². The molecule has 0 radical (unpaired) electrons. The van der Waals surface area contributed by atoms with Crippen LogP contribution in [0.3, 0.4) is 0 Å². The van der Waals surface area contributed by atoms with E-state index in [1.807, 2.05) is 0 Å². The van der Waals surface area contributed by atoms with Gasteiger partial charge < -0.3 is 85.4 Å². The molecule has 13 amide bonds. The Morgan fingerprint density at radius 1 is 0.570 bits per heavy atom. The molecule has 1 saturated heterocycles. The first-order valence-electron chi connectivity index (χ1n) is 24.8. The van der Waals surface area contributed by atoms with Crippen molar-refractivity contribution in [3.63, 3.8) is 0 Å². The number of urea groups is 1. The number of hydrogen-bond acceptors (Lipinski definition) is 15. The lowest BCUT2D eigenvalue weighted by Crippen LogP contribution is -2.61. The summed E-state index contributed by atoms with van der Waals surface area (Å²) in [5, 5.41) is 35.2. The summed E-state index contributed by atoms with van der Waals surface area (Å²) in [4.78, 5) is 173. The number of rotatable bonds is 15. The molecule has 0 saturated carbocycles. The number of imidazole rings is 1.